The summed E-state index contributed by atoms with van der Waals surface area (Å²) in [7, 11) is 1.60. The Hall–Kier alpha value is -2.73. The lowest BCUT2D eigenvalue weighted by Gasteiger charge is -2.33. The van der Waals surface area contributed by atoms with Gasteiger partial charge in [-0.3, -0.25) is 9.59 Å². The van der Waals surface area contributed by atoms with Gasteiger partial charge in [-0.2, -0.15) is 0 Å². The molecule has 2 aromatic rings. The molecule has 6 nitrogen and oxygen atoms in total. The first kappa shape index (κ1) is 24.5. The second-order valence-electron chi connectivity index (χ2n) is 8.28. The third-order valence-electron chi connectivity index (χ3n) is 4.55. The van der Waals surface area contributed by atoms with Crippen LogP contribution in [-0.4, -0.2) is 42.0 Å². The molecule has 0 saturated heterocycles. The van der Waals surface area contributed by atoms with Gasteiger partial charge in [-0.25, -0.2) is 0 Å². The van der Waals surface area contributed by atoms with Gasteiger partial charge >= 0.3 is 0 Å². The first-order valence-corrected chi connectivity index (χ1v) is 10.6. The fraction of sp³-hybridized carbons (Fsp3) is 0.417. The standard InChI is InChI=1S/C24H31ClN2O4/c1-6-21(23(29)26-24(2,3)4)27(15-17-10-12-19(30-5)13-11-17)22(28)16-31-20-9-7-8-18(25)14-20/h7-14,21H,6,15-16H2,1-5H3,(H,26,29). The summed E-state index contributed by atoms with van der Waals surface area (Å²) in [5.74, 6) is 0.743. The van der Waals surface area contributed by atoms with Crippen LogP contribution in [0.3, 0.4) is 0 Å². The molecule has 0 aliphatic heterocycles. The highest BCUT2D eigenvalue weighted by Crippen LogP contribution is 2.19. The SMILES string of the molecule is CCC(C(=O)NC(C)(C)C)N(Cc1ccc(OC)cc1)C(=O)COc1cccc(Cl)c1. The minimum Gasteiger partial charge on any atom is -0.497 e. The Morgan fingerprint density at radius 2 is 1.77 bits per heavy atom. The molecule has 1 N–H and O–H groups in total. The minimum absolute atomic E-state index is 0.195. The highest BCUT2D eigenvalue weighted by atomic mass is 35.5. The highest BCUT2D eigenvalue weighted by Gasteiger charge is 2.30. The second kappa shape index (κ2) is 11.0. The van der Waals surface area contributed by atoms with Crippen molar-refractivity contribution in [3.8, 4) is 11.5 Å². The molecule has 0 aliphatic carbocycles. The largest absolute Gasteiger partial charge is 0.497 e. The van der Waals surface area contributed by atoms with Gasteiger partial charge in [0, 0.05) is 17.1 Å². The van der Waals surface area contributed by atoms with Crippen molar-refractivity contribution in [1.82, 2.24) is 10.2 Å². The number of hydrogen-bond acceptors (Lipinski definition) is 4. The predicted octanol–water partition coefficient (Wildman–Crippen LogP) is 4.45. The lowest BCUT2D eigenvalue weighted by Crippen LogP contribution is -2.54. The van der Waals surface area contributed by atoms with Gasteiger partial charge in [-0.15, -0.1) is 0 Å². The molecule has 0 spiro atoms. The van der Waals surface area contributed by atoms with Crippen LogP contribution in [-0.2, 0) is 16.1 Å². The van der Waals surface area contributed by atoms with E-state index in [9.17, 15) is 9.59 Å². The molecule has 0 bridgehead atoms. The Bertz CT molecular complexity index is 878. The number of halogens is 1. The normalized spacial score (nSPS) is 12.1. The van der Waals surface area contributed by atoms with Gasteiger partial charge in [0.15, 0.2) is 6.61 Å². The van der Waals surface area contributed by atoms with Gasteiger partial charge in [0.2, 0.25) is 5.91 Å². The Kier molecular flexibility index (Phi) is 8.75. The molecule has 0 heterocycles. The van der Waals surface area contributed by atoms with Crippen LogP contribution >= 0.6 is 11.6 Å². The van der Waals surface area contributed by atoms with Crippen molar-refractivity contribution >= 4 is 23.4 Å². The zero-order chi connectivity index (χ0) is 23.0. The molecule has 1 atom stereocenters. The number of amides is 2. The molecule has 1 unspecified atom stereocenters. The highest BCUT2D eigenvalue weighted by molar-refractivity contribution is 6.30. The third-order valence-corrected chi connectivity index (χ3v) is 4.79. The average Bonchev–Trinajstić information content (AvgIpc) is 2.71. The number of carbonyl (C=O) groups excluding carboxylic acids is 2. The van der Waals surface area contributed by atoms with Gasteiger partial charge in [-0.05, 0) is 63.1 Å². The number of carbonyl (C=O) groups is 2. The van der Waals surface area contributed by atoms with E-state index in [0.29, 0.717) is 17.2 Å². The van der Waals surface area contributed by atoms with Crippen LogP contribution in [0.25, 0.3) is 0 Å². The molecule has 0 radical (unpaired) electrons. The van der Waals surface area contributed by atoms with Gasteiger partial charge in [0.05, 0.1) is 7.11 Å². The van der Waals surface area contributed by atoms with Crippen molar-refractivity contribution < 1.29 is 19.1 Å². The van der Waals surface area contributed by atoms with E-state index in [2.05, 4.69) is 5.32 Å². The summed E-state index contributed by atoms with van der Waals surface area (Å²) in [4.78, 5) is 27.7. The fourth-order valence-electron chi connectivity index (χ4n) is 3.08. The number of ether oxygens (including phenoxy) is 2. The maximum atomic E-state index is 13.2. The van der Waals surface area contributed by atoms with Crippen LogP contribution in [0.1, 0.15) is 39.7 Å². The molecule has 0 aliphatic rings. The van der Waals surface area contributed by atoms with E-state index in [1.807, 2.05) is 52.0 Å². The monoisotopic (exact) mass is 446 g/mol. The van der Waals surface area contributed by atoms with Crippen LogP contribution in [0.5, 0.6) is 11.5 Å². The molecule has 0 fully saturated rings. The second-order valence-corrected chi connectivity index (χ2v) is 8.72. The lowest BCUT2D eigenvalue weighted by molar-refractivity contribution is -0.143. The van der Waals surface area contributed by atoms with E-state index in [0.717, 1.165) is 11.3 Å². The minimum atomic E-state index is -0.628. The zero-order valence-corrected chi connectivity index (χ0v) is 19.5. The maximum absolute atomic E-state index is 13.2. The Morgan fingerprint density at radius 3 is 2.32 bits per heavy atom. The topological polar surface area (TPSA) is 67.9 Å². The van der Waals surface area contributed by atoms with Crippen molar-refractivity contribution in [2.75, 3.05) is 13.7 Å². The number of nitrogens with one attached hydrogen (secondary N) is 1. The Labute approximate surface area is 189 Å². The van der Waals surface area contributed by atoms with Crippen LogP contribution in [0.2, 0.25) is 5.02 Å². The first-order valence-electron chi connectivity index (χ1n) is 10.3. The van der Waals surface area contributed by atoms with Crippen LogP contribution in [0.4, 0.5) is 0 Å². The van der Waals surface area contributed by atoms with Gasteiger partial charge < -0.3 is 19.7 Å². The number of methoxy groups -OCH3 is 1. The Morgan fingerprint density at radius 1 is 1.10 bits per heavy atom. The summed E-state index contributed by atoms with van der Waals surface area (Å²) < 4.78 is 10.9. The third kappa shape index (κ3) is 7.79. The van der Waals surface area contributed by atoms with Crippen molar-refractivity contribution in [2.24, 2.45) is 0 Å². The van der Waals surface area contributed by atoms with E-state index in [1.165, 1.54) is 0 Å². The quantitative estimate of drug-likeness (QED) is 0.617. The smallest absolute Gasteiger partial charge is 0.261 e. The molecule has 2 aromatic carbocycles. The molecular formula is C24H31ClN2O4. The van der Waals surface area contributed by atoms with Crippen molar-refractivity contribution in [3.63, 3.8) is 0 Å². The number of nitrogens with zero attached hydrogens (tertiary/aromatic N) is 1. The van der Waals surface area contributed by atoms with E-state index in [1.54, 1.807) is 36.3 Å². The zero-order valence-electron chi connectivity index (χ0n) is 18.8. The molecule has 7 heteroatoms. The summed E-state index contributed by atoms with van der Waals surface area (Å²) >= 11 is 5.99. The molecule has 0 aromatic heterocycles. The van der Waals surface area contributed by atoms with Gasteiger partial charge in [0.1, 0.15) is 17.5 Å². The van der Waals surface area contributed by atoms with Crippen LogP contribution < -0.4 is 14.8 Å². The predicted molar refractivity (Wildman–Crippen MR) is 122 cm³/mol. The Balaban J connectivity index is 2.23. The van der Waals surface area contributed by atoms with Crippen molar-refractivity contribution in [1.29, 1.82) is 0 Å². The average molecular weight is 447 g/mol. The summed E-state index contributed by atoms with van der Waals surface area (Å²) in [5, 5.41) is 3.50. The van der Waals surface area contributed by atoms with Gasteiger partial charge in [0.25, 0.3) is 5.91 Å². The molecule has 31 heavy (non-hydrogen) atoms. The number of rotatable bonds is 9. The van der Waals surface area contributed by atoms with Crippen molar-refractivity contribution in [3.05, 3.63) is 59.1 Å². The fourth-order valence-corrected chi connectivity index (χ4v) is 3.27. The van der Waals surface area contributed by atoms with Gasteiger partial charge in [-0.1, -0.05) is 36.7 Å². The van der Waals surface area contributed by atoms with Crippen LogP contribution in [0, 0.1) is 0 Å². The molecular weight excluding hydrogens is 416 g/mol. The molecule has 2 amide bonds. The summed E-state index contributed by atoms with van der Waals surface area (Å²) in [6, 6.07) is 13.7. The van der Waals surface area contributed by atoms with E-state index >= 15 is 0 Å². The van der Waals surface area contributed by atoms with E-state index < -0.39 is 11.6 Å². The number of benzene rings is 2. The van der Waals surface area contributed by atoms with E-state index in [4.69, 9.17) is 21.1 Å². The lowest BCUT2D eigenvalue weighted by atomic mass is 10.1. The molecule has 2 rings (SSSR count). The van der Waals surface area contributed by atoms with Crippen molar-refractivity contribution in [2.45, 2.75) is 52.2 Å². The number of hydrogen-bond donors (Lipinski definition) is 1. The maximum Gasteiger partial charge on any atom is 0.261 e. The first-order chi connectivity index (χ1) is 14.6. The summed E-state index contributed by atoms with van der Waals surface area (Å²) in [5.41, 5.74) is 0.482. The summed E-state index contributed by atoms with van der Waals surface area (Å²) in [6.07, 6.45) is 0.473. The van der Waals surface area contributed by atoms with Crippen LogP contribution in [0.15, 0.2) is 48.5 Å². The molecule has 168 valence electrons. The molecule has 0 saturated carbocycles. The van der Waals surface area contributed by atoms with E-state index in [-0.39, 0.29) is 25.0 Å². The summed E-state index contributed by atoms with van der Waals surface area (Å²) in [6.45, 7) is 7.70.